The quantitative estimate of drug-likeness (QED) is 0.374. The molecule has 0 radical (unpaired) electrons. The number of amides is 3. The first-order chi connectivity index (χ1) is 16.4. The Morgan fingerprint density at radius 3 is 1.94 bits per heavy atom. The zero-order valence-electron chi connectivity index (χ0n) is 19.0. The third kappa shape index (κ3) is 7.56. The molecule has 176 valence electrons. The van der Waals surface area contributed by atoms with Gasteiger partial charge in [-0.2, -0.15) is 0 Å². The number of anilines is 1. The predicted octanol–water partition coefficient (Wildman–Crippen LogP) is 2.71. The first-order valence-electron chi connectivity index (χ1n) is 11.1. The Balaban J connectivity index is 1.74. The number of nitrogens with one attached hydrogen (secondary N) is 3. The molecule has 0 bridgehead atoms. The number of carbonyl (C=O) groups excluding carboxylic acids is 3. The molecular weight excluding hydrogens is 430 g/mol. The molecule has 0 saturated carbocycles. The lowest BCUT2D eigenvalue weighted by Crippen LogP contribution is -2.52. The van der Waals surface area contributed by atoms with Gasteiger partial charge in [-0.3, -0.25) is 14.4 Å². The summed E-state index contributed by atoms with van der Waals surface area (Å²) in [6.45, 7) is 1.20. The van der Waals surface area contributed by atoms with Gasteiger partial charge in [0.25, 0.3) is 5.91 Å². The number of carbonyl (C=O) groups is 3. The fourth-order valence-corrected chi connectivity index (χ4v) is 3.57. The highest BCUT2D eigenvalue weighted by atomic mass is 16.3. The summed E-state index contributed by atoms with van der Waals surface area (Å²) in [7, 11) is 0. The zero-order chi connectivity index (χ0) is 24.3. The van der Waals surface area contributed by atoms with Crippen LogP contribution in [0.4, 0.5) is 5.69 Å². The first kappa shape index (κ1) is 24.7. The highest BCUT2D eigenvalue weighted by Gasteiger charge is 2.24. The molecule has 4 N–H and O–H groups in total. The van der Waals surface area contributed by atoms with E-state index in [0.29, 0.717) is 17.7 Å². The average Bonchev–Trinajstić information content (AvgIpc) is 2.85. The van der Waals surface area contributed by atoms with Crippen molar-refractivity contribution in [2.75, 3.05) is 11.9 Å². The predicted molar refractivity (Wildman–Crippen MR) is 131 cm³/mol. The van der Waals surface area contributed by atoms with Gasteiger partial charge >= 0.3 is 0 Å². The van der Waals surface area contributed by atoms with E-state index in [0.717, 1.165) is 11.1 Å². The van der Waals surface area contributed by atoms with E-state index in [1.807, 2.05) is 36.4 Å². The van der Waals surface area contributed by atoms with Crippen LogP contribution in [0.2, 0.25) is 0 Å². The molecule has 0 aliphatic rings. The molecule has 7 heteroatoms. The van der Waals surface area contributed by atoms with Gasteiger partial charge in [0.2, 0.25) is 11.8 Å². The van der Waals surface area contributed by atoms with E-state index in [1.54, 1.807) is 48.5 Å². The summed E-state index contributed by atoms with van der Waals surface area (Å²) in [5, 5.41) is 18.2. The molecule has 0 aliphatic carbocycles. The Morgan fingerprint density at radius 2 is 1.35 bits per heavy atom. The van der Waals surface area contributed by atoms with Crippen LogP contribution in [0.15, 0.2) is 84.9 Å². The molecule has 0 aromatic heterocycles. The lowest BCUT2D eigenvalue weighted by atomic mass is 10.0. The maximum atomic E-state index is 13.2. The number of benzene rings is 3. The van der Waals surface area contributed by atoms with Gasteiger partial charge in [-0.1, -0.05) is 60.7 Å². The fourth-order valence-electron chi connectivity index (χ4n) is 3.57. The second-order valence-electron chi connectivity index (χ2n) is 8.05. The number of rotatable bonds is 10. The smallest absolute Gasteiger partial charge is 0.251 e. The van der Waals surface area contributed by atoms with Crippen LogP contribution < -0.4 is 16.0 Å². The standard InChI is InChI=1S/C27H29N3O4/c1-19(32)28-23-14-12-21(13-15-23)17-25(30-26(33)22-10-6-3-7-11-22)27(34)29-24(18-31)16-20-8-4-2-5-9-20/h2-15,24-25,31H,16-18H2,1H3,(H,28,32)(H,29,34)(H,30,33)/t24-,25-/m0/s1. The molecule has 0 fully saturated rings. The number of hydrogen-bond donors (Lipinski definition) is 4. The third-order valence-electron chi connectivity index (χ3n) is 5.26. The van der Waals surface area contributed by atoms with Crippen LogP contribution in [0, 0.1) is 0 Å². The van der Waals surface area contributed by atoms with Crippen molar-refractivity contribution in [1.29, 1.82) is 0 Å². The van der Waals surface area contributed by atoms with Crippen LogP contribution in [0.5, 0.6) is 0 Å². The van der Waals surface area contributed by atoms with Gasteiger partial charge in [0.1, 0.15) is 6.04 Å². The van der Waals surface area contributed by atoms with E-state index in [2.05, 4.69) is 16.0 Å². The van der Waals surface area contributed by atoms with Crippen molar-refractivity contribution in [1.82, 2.24) is 10.6 Å². The van der Waals surface area contributed by atoms with Crippen LogP contribution in [0.3, 0.4) is 0 Å². The minimum Gasteiger partial charge on any atom is -0.394 e. The van der Waals surface area contributed by atoms with Gasteiger partial charge in [-0.25, -0.2) is 0 Å². The highest BCUT2D eigenvalue weighted by Crippen LogP contribution is 2.12. The molecule has 0 unspecified atom stereocenters. The Bertz CT molecular complexity index is 1090. The zero-order valence-corrected chi connectivity index (χ0v) is 19.0. The van der Waals surface area contributed by atoms with Crippen molar-refractivity contribution in [3.05, 3.63) is 102 Å². The highest BCUT2D eigenvalue weighted by molar-refractivity contribution is 5.97. The van der Waals surface area contributed by atoms with Crippen LogP contribution in [0.25, 0.3) is 0 Å². The van der Waals surface area contributed by atoms with Crippen molar-refractivity contribution < 1.29 is 19.5 Å². The van der Waals surface area contributed by atoms with Gasteiger partial charge in [-0.05, 0) is 41.8 Å². The molecule has 3 aromatic rings. The molecule has 2 atom stereocenters. The maximum Gasteiger partial charge on any atom is 0.251 e. The summed E-state index contributed by atoms with van der Waals surface area (Å²) >= 11 is 0. The first-order valence-corrected chi connectivity index (χ1v) is 11.1. The second kappa shape index (κ2) is 12.3. The summed E-state index contributed by atoms with van der Waals surface area (Å²) in [4.78, 5) is 37.2. The minimum absolute atomic E-state index is 0.173. The van der Waals surface area contributed by atoms with E-state index in [9.17, 15) is 19.5 Å². The molecule has 0 saturated heterocycles. The molecule has 7 nitrogen and oxygen atoms in total. The molecular formula is C27H29N3O4. The monoisotopic (exact) mass is 459 g/mol. The van der Waals surface area contributed by atoms with Crippen LogP contribution >= 0.6 is 0 Å². The van der Waals surface area contributed by atoms with Crippen molar-refractivity contribution in [2.45, 2.75) is 31.8 Å². The summed E-state index contributed by atoms with van der Waals surface area (Å²) in [5.74, 6) is -0.919. The van der Waals surface area contributed by atoms with Crippen molar-refractivity contribution in [3.63, 3.8) is 0 Å². The summed E-state index contributed by atoms with van der Waals surface area (Å²) in [6, 6.07) is 24.0. The van der Waals surface area contributed by atoms with Crippen LogP contribution in [-0.4, -0.2) is 41.5 Å². The van der Waals surface area contributed by atoms with Gasteiger partial charge in [0.15, 0.2) is 0 Å². The normalized spacial score (nSPS) is 12.3. The van der Waals surface area contributed by atoms with E-state index < -0.39 is 12.1 Å². The topological polar surface area (TPSA) is 108 Å². The van der Waals surface area contributed by atoms with Crippen molar-refractivity contribution in [2.24, 2.45) is 0 Å². The Morgan fingerprint density at radius 1 is 0.765 bits per heavy atom. The van der Waals surface area contributed by atoms with Crippen LogP contribution in [-0.2, 0) is 22.4 Å². The number of hydrogen-bond acceptors (Lipinski definition) is 4. The Hall–Kier alpha value is -3.97. The summed E-state index contributed by atoms with van der Waals surface area (Å²) in [6.07, 6.45) is 0.710. The lowest BCUT2D eigenvalue weighted by molar-refractivity contribution is -0.124. The SMILES string of the molecule is CC(=O)Nc1ccc(C[C@H](NC(=O)c2ccccc2)C(=O)N[C@H](CO)Cc2ccccc2)cc1. The average molecular weight is 460 g/mol. The van der Waals surface area contributed by atoms with E-state index in [4.69, 9.17) is 0 Å². The largest absolute Gasteiger partial charge is 0.394 e. The van der Waals surface area contributed by atoms with E-state index in [-0.39, 0.29) is 30.7 Å². The molecule has 3 amide bonds. The Labute approximate surface area is 199 Å². The van der Waals surface area contributed by atoms with Crippen molar-refractivity contribution in [3.8, 4) is 0 Å². The fraction of sp³-hybridized carbons (Fsp3) is 0.222. The molecule has 0 aliphatic heterocycles. The lowest BCUT2D eigenvalue weighted by Gasteiger charge is -2.23. The molecule has 3 rings (SSSR count). The van der Waals surface area contributed by atoms with E-state index in [1.165, 1.54) is 6.92 Å². The third-order valence-corrected chi connectivity index (χ3v) is 5.26. The molecule has 3 aromatic carbocycles. The van der Waals surface area contributed by atoms with Crippen molar-refractivity contribution >= 4 is 23.4 Å². The van der Waals surface area contributed by atoms with E-state index >= 15 is 0 Å². The second-order valence-corrected chi connectivity index (χ2v) is 8.05. The maximum absolute atomic E-state index is 13.2. The molecule has 34 heavy (non-hydrogen) atoms. The van der Waals surface area contributed by atoms with Gasteiger partial charge in [0, 0.05) is 24.6 Å². The number of aliphatic hydroxyl groups excluding tert-OH is 1. The molecule has 0 spiro atoms. The van der Waals surface area contributed by atoms with Crippen LogP contribution in [0.1, 0.15) is 28.4 Å². The minimum atomic E-state index is -0.857. The summed E-state index contributed by atoms with van der Waals surface area (Å²) < 4.78 is 0. The van der Waals surface area contributed by atoms with Gasteiger partial charge in [0.05, 0.1) is 12.6 Å². The Kier molecular flexibility index (Phi) is 8.94. The number of aliphatic hydroxyl groups is 1. The summed E-state index contributed by atoms with van der Waals surface area (Å²) in [5.41, 5.74) is 2.89. The van der Waals surface area contributed by atoms with Gasteiger partial charge in [-0.15, -0.1) is 0 Å². The molecule has 0 heterocycles. The van der Waals surface area contributed by atoms with Gasteiger partial charge < -0.3 is 21.1 Å².